The Morgan fingerprint density at radius 1 is 1.03 bits per heavy atom. The number of carbonyl (C=O) groups excluding carboxylic acids is 3. The Morgan fingerprint density at radius 3 is 2.28 bits per heavy atom. The van der Waals surface area contributed by atoms with Gasteiger partial charge in [-0.25, -0.2) is 9.69 Å². The third kappa shape index (κ3) is 3.79. The molecule has 0 spiro atoms. The van der Waals surface area contributed by atoms with Gasteiger partial charge in [-0.1, -0.05) is 23.2 Å². The minimum absolute atomic E-state index is 0.0860. The van der Waals surface area contributed by atoms with E-state index in [9.17, 15) is 14.4 Å². The zero-order valence-electron chi connectivity index (χ0n) is 15.7. The van der Waals surface area contributed by atoms with Crippen LogP contribution in [0.15, 0.2) is 47.1 Å². The van der Waals surface area contributed by atoms with E-state index in [0.29, 0.717) is 21.8 Å². The molecule has 0 fully saturated rings. The minimum atomic E-state index is -0.689. The average molecular weight is 435 g/mol. The average Bonchev–Trinajstić information content (AvgIpc) is 2.93. The zero-order valence-corrected chi connectivity index (χ0v) is 17.2. The Labute approximate surface area is 176 Å². The molecule has 2 aromatic rings. The molecule has 2 amide bonds. The number of benzene rings is 2. The van der Waals surface area contributed by atoms with Crippen LogP contribution in [0.5, 0.6) is 5.75 Å². The fourth-order valence-corrected chi connectivity index (χ4v) is 3.13. The van der Waals surface area contributed by atoms with Crippen LogP contribution in [0.4, 0.5) is 11.4 Å². The summed E-state index contributed by atoms with van der Waals surface area (Å²) in [6.45, 7) is 1.74. The van der Waals surface area contributed by atoms with Gasteiger partial charge >= 0.3 is 5.97 Å². The van der Waals surface area contributed by atoms with E-state index in [2.05, 4.69) is 10.1 Å². The highest BCUT2D eigenvalue weighted by Crippen LogP contribution is 2.38. The Bertz CT molecular complexity index is 1050. The molecule has 9 heteroatoms. The van der Waals surface area contributed by atoms with E-state index in [1.165, 1.54) is 32.4 Å². The van der Waals surface area contributed by atoms with Gasteiger partial charge in [0.25, 0.3) is 11.8 Å². The Morgan fingerprint density at radius 2 is 1.69 bits per heavy atom. The molecular formula is C20H16Cl2N2O5. The number of anilines is 2. The maximum Gasteiger partial charge on any atom is 0.337 e. The third-order valence-electron chi connectivity index (χ3n) is 4.30. The topological polar surface area (TPSA) is 84.9 Å². The second-order valence-corrected chi connectivity index (χ2v) is 6.89. The van der Waals surface area contributed by atoms with E-state index in [0.717, 1.165) is 4.90 Å². The van der Waals surface area contributed by atoms with E-state index in [4.69, 9.17) is 27.9 Å². The normalized spacial score (nSPS) is 13.8. The minimum Gasteiger partial charge on any atom is -0.494 e. The summed E-state index contributed by atoms with van der Waals surface area (Å²) in [7, 11) is 2.69. The van der Waals surface area contributed by atoms with E-state index >= 15 is 0 Å². The van der Waals surface area contributed by atoms with Gasteiger partial charge in [0.2, 0.25) is 0 Å². The van der Waals surface area contributed by atoms with E-state index in [1.54, 1.807) is 25.1 Å². The summed E-state index contributed by atoms with van der Waals surface area (Å²) < 4.78 is 9.91. The van der Waals surface area contributed by atoms with Crippen molar-refractivity contribution in [2.75, 3.05) is 24.4 Å². The molecule has 29 heavy (non-hydrogen) atoms. The second kappa shape index (κ2) is 8.14. The number of ether oxygens (including phenoxy) is 2. The van der Waals surface area contributed by atoms with Gasteiger partial charge in [0.1, 0.15) is 16.5 Å². The summed E-state index contributed by atoms with van der Waals surface area (Å²) in [5.41, 5.74) is 1.62. The van der Waals surface area contributed by atoms with Crippen LogP contribution in [-0.4, -0.2) is 32.0 Å². The van der Waals surface area contributed by atoms with Gasteiger partial charge in [-0.05, 0) is 42.8 Å². The van der Waals surface area contributed by atoms with Crippen molar-refractivity contribution < 1.29 is 23.9 Å². The lowest BCUT2D eigenvalue weighted by Crippen LogP contribution is -2.32. The van der Waals surface area contributed by atoms with Crippen LogP contribution in [0.2, 0.25) is 5.02 Å². The van der Waals surface area contributed by atoms with Crippen molar-refractivity contribution in [2.24, 2.45) is 0 Å². The molecule has 0 aromatic heterocycles. The first-order valence-electron chi connectivity index (χ1n) is 8.36. The molecule has 1 aliphatic rings. The van der Waals surface area contributed by atoms with Crippen LogP contribution in [0.3, 0.4) is 0 Å². The van der Waals surface area contributed by atoms with Gasteiger partial charge in [-0.2, -0.15) is 0 Å². The van der Waals surface area contributed by atoms with Gasteiger partial charge in [-0.15, -0.1) is 0 Å². The predicted molar refractivity (Wildman–Crippen MR) is 110 cm³/mol. The molecule has 1 aliphatic heterocycles. The smallest absolute Gasteiger partial charge is 0.337 e. The van der Waals surface area contributed by atoms with Gasteiger partial charge < -0.3 is 14.8 Å². The van der Waals surface area contributed by atoms with Gasteiger partial charge in [0.05, 0.1) is 25.5 Å². The molecule has 0 atom stereocenters. The summed E-state index contributed by atoms with van der Waals surface area (Å²) in [6, 6.07) is 9.28. The van der Waals surface area contributed by atoms with Crippen LogP contribution in [0.1, 0.15) is 15.9 Å². The number of nitrogens with one attached hydrogen (secondary N) is 1. The molecule has 0 radical (unpaired) electrons. The first-order valence-corrected chi connectivity index (χ1v) is 9.12. The number of aryl methyl sites for hydroxylation is 1. The van der Waals surface area contributed by atoms with Crippen molar-refractivity contribution in [2.45, 2.75) is 6.92 Å². The van der Waals surface area contributed by atoms with Gasteiger partial charge in [0.15, 0.2) is 0 Å². The largest absolute Gasteiger partial charge is 0.494 e. The fourth-order valence-electron chi connectivity index (χ4n) is 2.77. The van der Waals surface area contributed by atoms with Crippen LogP contribution in [0.25, 0.3) is 0 Å². The number of methoxy groups -OCH3 is 2. The molecule has 1 N–H and O–H groups in total. The number of imide groups is 1. The number of carbonyl (C=O) groups is 3. The summed E-state index contributed by atoms with van der Waals surface area (Å²) in [6.07, 6.45) is 0. The number of esters is 1. The lowest BCUT2D eigenvalue weighted by molar-refractivity contribution is -0.120. The van der Waals surface area contributed by atoms with Crippen molar-refractivity contribution >= 4 is 52.4 Å². The Balaban J connectivity index is 1.92. The molecule has 150 valence electrons. The highest BCUT2D eigenvalue weighted by atomic mass is 35.5. The monoisotopic (exact) mass is 434 g/mol. The van der Waals surface area contributed by atoms with Crippen molar-refractivity contribution in [1.82, 2.24) is 0 Å². The Hall–Kier alpha value is -3.03. The third-order valence-corrected chi connectivity index (χ3v) is 5.06. The van der Waals surface area contributed by atoms with Gasteiger partial charge in [-0.3, -0.25) is 9.59 Å². The molecule has 0 aliphatic carbocycles. The highest BCUT2D eigenvalue weighted by molar-refractivity contribution is 6.53. The van der Waals surface area contributed by atoms with Crippen molar-refractivity contribution in [3.8, 4) is 5.75 Å². The number of hydrogen-bond donors (Lipinski definition) is 1. The van der Waals surface area contributed by atoms with Gasteiger partial charge in [0, 0.05) is 16.8 Å². The molecule has 0 saturated carbocycles. The van der Waals surface area contributed by atoms with Crippen molar-refractivity contribution in [1.29, 1.82) is 0 Å². The summed E-state index contributed by atoms with van der Waals surface area (Å²) in [5, 5.41) is 3.01. The quantitative estimate of drug-likeness (QED) is 0.567. The lowest BCUT2D eigenvalue weighted by atomic mass is 10.2. The Kier molecular flexibility index (Phi) is 5.81. The molecule has 1 heterocycles. The van der Waals surface area contributed by atoms with E-state index in [1.807, 2.05) is 0 Å². The SMILES string of the molecule is COC(=O)c1ccc(NC2=C(Cl)C(=O)N(c3cc(C)c(Cl)cc3OC)C2=O)cc1. The fraction of sp³-hybridized carbons (Fsp3) is 0.150. The maximum absolute atomic E-state index is 13.0. The molecule has 0 saturated heterocycles. The number of hydrogen-bond acceptors (Lipinski definition) is 6. The first kappa shape index (κ1) is 20.7. The predicted octanol–water partition coefficient (Wildman–Crippen LogP) is 3.88. The molecule has 7 nitrogen and oxygen atoms in total. The van der Waals surface area contributed by atoms with Crippen LogP contribution >= 0.6 is 23.2 Å². The maximum atomic E-state index is 13.0. The van der Waals surface area contributed by atoms with Crippen molar-refractivity contribution in [3.63, 3.8) is 0 Å². The highest BCUT2D eigenvalue weighted by Gasteiger charge is 2.40. The molecule has 0 unspecified atom stereocenters. The lowest BCUT2D eigenvalue weighted by Gasteiger charge is -2.19. The molecule has 0 bridgehead atoms. The van der Waals surface area contributed by atoms with E-state index in [-0.39, 0.29) is 22.2 Å². The number of rotatable bonds is 5. The van der Waals surface area contributed by atoms with Crippen LogP contribution < -0.4 is 15.0 Å². The first-order chi connectivity index (χ1) is 13.8. The van der Waals surface area contributed by atoms with Crippen LogP contribution in [0, 0.1) is 6.92 Å². The number of amides is 2. The van der Waals surface area contributed by atoms with E-state index < -0.39 is 17.8 Å². The molecular weight excluding hydrogens is 419 g/mol. The molecule has 2 aromatic carbocycles. The molecule has 3 rings (SSSR count). The van der Waals surface area contributed by atoms with Crippen LogP contribution in [-0.2, 0) is 14.3 Å². The van der Waals surface area contributed by atoms with Crippen molar-refractivity contribution in [3.05, 3.63) is 63.3 Å². The second-order valence-electron chi connectivity index (χ2n) is 6.10. The summed E-state index contributed by atoms with van der Waals surface area (Å²) >= 11 is 12.3. The number of nitrogens with zero attached hydrogens (tertiary/aromatic N) is 1. The summed E-state index contributed by atoms with van der Waals surface area (Å²) in [4.78, 5) is 38.1. The summed E-state index contributed by atoms with van der Waals surface area (Å²) in [5.74, 6) is -1.56. The standard InChI is InChI=1S/C20H16Cl2N2O5/c1-10-8-14(15(28-2)9-13(10)21)24-18(25)16(22)17(19(24)26)23-12-6-4-11(5-7-12)20(27)29-3/h4-9,23H,1-3H3. The zero-order chi connectivity index (χ0) is 21.3. The number of halogens is 2.